The van der Waals surface area contributed by atoms with Gasteiger partial charge in [-0.15, -0.1) is 0 Å². The van der Waals surface area contributed by atoms with Gasteiger partial charge in [0.05, 0.1) is 6.61 Å². The predicted octanol–water partition coefficient (Wildman–Crippen LogP) is 0.980. The summed E-state index contributed by atoms with van der Waals surface area (Å²) in [5.41, 5.74) is 6.78. The molecule has 0 fully saturated rings. The molecule has 0 saturated heterocycles. The molecule has 0 radical (unpaired) electrons. The van der Waals surface area contributed by atoms with Gasteiger partial charge in [0.2, 0.25) is 10.0 Å². The minimum absolute atomic E-state index is 0.0425. The Hall–Kier alpha value is -2.06. The molecular weight excluding hydrogens is 294 g/mol. The largest absolute Gasteiger partial charge is 0.465 e. The smallest absolute Gasteiger partial charge is 0.323 e. The molecule has 1 aromatic heterocycles. The first-order valence-electron chi connectivity index (χ1n) is 6.40. The summed E-state index contributed by atoms with van der Waals surface area (Å²) in [6, 6.07) is 3.96. The van der Waals surface area contributed by atoms with E-state index < -0.39 is 22.0 Å². The summed E-state index contributed by atoms with van der Waals surface area (Å²) in [6.45, 7) is 3.27. The van der Waals surface area contributed by atoms with Crippen molar-refractivity contribution in [2.75, 3.05) is 12.3 Å². The molecule has 0 spiro atoms. The normalized spacial score (nSPS) is 13.2. The molecular formula is C13H17N3O4S. The molecule has 0 aliphatic heterocycles. The topological polar surface area (TPSA) is 114 Å². The number of hydrogen-bond donors (Lipinski definition) is 3. The second kappa shape index (κ2) is 5.74. The molecule has 0 bridgehead atoms. The number of H-pyrrole nitrogens is 1. The van der Waals surface area contributed by atoms with Gasteiger partial charge in [-0.2, -0.15) is 4.72 Å². The summed E-state index contributed by atoms with van der Waals surface area (Å²) in [7, 11) is -3.86. The number of aromatic nitrogens is 1. The van der Waals surface area contributed by atoms with E-state index in [0.29, 0.717) is 16.6 Å². The molecule has 1 aromatic carbocycles. The van der Waals surface area contributed by atoms with Crippen LogP contribution in [0.4, 0.5) is 5.69 Å². The van der Waals surface area contributed by atoms with Crippen molar-refractivity contribution < 1.29 is 17.9 Å². The Morgan fingerprint density at radius 3 is 2.86 bits per heavy atom. The van der Waals surface area contributed by atoms with Gasteiger partial charge in [-0.25, -0.2) is 8.42 Å². The molecule has 0 saturated carbocycles. The van der Waals surface area contributed by atoms with E-state index in [1.54, 1.807) is 25.1 Å². The molecule has 8 heteroatoms. The summed E-state index contributed by atoms with van der Waals surface area (Å²) in [5, 5.41) is 0.471. The summed E-state index contributed by atoms with van der Waals surface area (Å²) in [5.74, 6) is -0.625. The highest BCUT2D eigenvalue weighted by Crippen LogP contribution is 2.24. The Labute approximate surface area is 122 Å². The number of aromatic amines is 1. The van der Waals surface area contributed by atoms with E-state index in [-0.39, 0.29) is 11.5 Å². The average molecular weight is 311 g/mol. The molecule has 1 unspecified atom stereocenters. The lowest BCUT2D eigenvalue weighted by Gasteiger charge is -2.12. The van der Waals surface area contributed by atoms with Gasteiger partial charge in [0.15, 0.2) is 0 Å². The van der Waals surface area contributed by atoms with Crippen molar-refractivity contribution in [2.45, 2.75) is 24.8 Å². The van der Waals surface area contributed by atoms with Crippen LogP contribution in [0.3, 0.4) is 0 Å². The van der Waals surface area contributed by atoms with Gasteiger partial charge in [0, 0.05) is 22.8 Å². The zero-order valence-electron chi connectivity index (χ0n) is 11.7. The van der Waals surface area contributed by atoms with Crippen molar-refractivity contribution in [2.24, 2.45) is 0 Å². The maximum atomic E-state index is 12.4. The van der Waals surface area contributed by atoms with Crippen molar-refractivity contribution in [3.63, 3.8) is 0 Å². The van der Waals surface area contributed by atoms with Gasteiger partial charge in [0.1, 0.15) is 10.9 Å². The van der Waals surface area contributed by atoms with Crippen LogP contribution in [0.15, 0.2) is 29.3 Å². The van der Waals surface area contributed by atoms with Crippen molar-refractivity contribution in [1.82, 2.24) is 9.71 Å². The highest BCUT2D eigenvalue weighted by atomic mass is 32.2. The van der Waals surface area contributed by atoms with Crippen molar-refractivity contribution in [3.8, 4) is 0 Å². The van der Waals surface area contributed by atoms with Crippen LogP contribution >= 0.6 is 0 Å². The molecule has 114 valence electrons. The van der Waals surface area contributed by atoms with Crippen LogP contribution in [0.1, 0.15) is 13.8 Å². The highest BCUT2D eigenvalue weighted by molar-refractivity contribution is 7.89. The van der Waals surface area contributed by atoms with Crippen LogP contribution in [0, 0.1) is 0 Å². The SMILES string of the molecule is CCOC(=O)C(C)NS(=O)(=O)c1c[nH]c2ccc(N)cc12. The second-order valence-corrected chi connectivity index (χ2v) is 6.24. The zero-order chi connectivity index (χ0) is 15.6. The van der Waals surface area contributed by atoms with Crippen molar-refractivity contribution in [1.29, 1.82) is 0 Å². The fraction of sp³-hybridized carbons (Fsp3) is 0.308. The molecule has 0 aliphatic carbocycles. The maximum Gasteiger partial charge on any atom is 0.323 e. The number of esters is 1. The lowest BCUT2D eigenvalue weighted by molar-refractivity contribution is -0.144. The van der Waals surface area contributed by atoms with Crippen LogP contribution in [-0.2, 0) is 19.6 Å². The number of rotatable bonds is 5. The van der Waals surface area contributed by atoms with E-state index in [4.69, 9.17) is 10.5 Å². The number of carbonyl (C=O) groups excluding carboxylic acids is 1. The molecule has 1 heterocycles. The molecule has 7 nitrogen and oxygen atoms in total. The number of hydrogen-bond acceptors (Lipinski definition) is 5. The Bertz CT molecular complexity index is 767. The van der Waals surface area contributed by atoms with Gasteiger partial charge in [-0.1, -0.05) is 0 Å². The van der Waals surface area contributed by atoms with E-state index >= 15 is 0 Å². The molecule has 0 amide bonds. The van der Waals surface area contributed by atoms with E-state index in [2.05, 4.69) is 9.71 Å². The fourth-order valence-corrected chi connectivity index (χ4v) is 3.31. The Morgan fingerprint density at radius 1 is 1.48 bits per heavy atom. The van der Waals surface area contributed by atoms with Gasteiger partial charge in [-0.3, -0.25) is 4.79 Å². The minimum Gasteiger partial charge on any atom is -0.465 e. The predicted molar refractivity (Wildman–Crippen MR) is 79.1 cm³/mol. The van der Waals surface area contributed by atoms with Crippen LogP contribution in [0.2, 0.25) is 0 Å². The average Bonchev–Trinajstić information content (AvgIpc) is 2.82. The summed E-state index contributed by atoms with van der Waals surface area (Å²) in [4.78, 5) is 14.4. The number of nitrogen functional groups attached to an aromatic ring is 1. The second-order valence-electron chi connectivity index (χ2n) is 4.55. The van der Waals surface area contributed by atoms with Gasteiger partial charge >= 0.3 is 5.97 Å². The van der Waals surface area contributed by atoms with Gasteiger partial charge < -0.3 is 15.5 Å². The molecule has 1 atom stereocenters. The van der Waals surface area contributed by atoms with Crippen LogP contribution in [0.25, 0.3) is 10.9 Å². The minimum atomic E-state index is -3.86. The highest BCUT2D eigenvalue weighted by Gasteiger charge is 2.25. The Kier molecular flexibility index (Phi) is 4.19. The monoisotopic (exact) mass is 311 g/mol. The number of nitrogens with two attached hydrogens (primary N) is 1. The van der Waals surface area contributed by atoms with E-state index in [9.17, 15) is 13.2 Å². The number of benzene rings is 1. The van der Waals surface area contributed by atoms with E-state index in [0.717, 1.165) is 0 Å². The van der Waals surface area contributed by atoms with E-state index in [1.165, 1.54) is 13.1 Å². The van der Waals surface area contributed by atoms with Crippen LogP contribution < -0.4 is 10.5 Å². The fourth-order valence-electron chi connectivity index (χ4n) is 1.95. The van der Waals surface area contributed by atoms with E-state index in [1.807, 2.05) is 0 Å². The summed E-state index contributed by atoms with van der Waals surface area (Å²) < 4.78 is 31.8. The standard InChI is InChI=1S/C13H17N3O4S/c1-3-20-13(17)8(2)16-21(18,19)12-7-15-11-5-4-9(14)6-10(11)12/h4-8,15-16H,3,14H2,1-2H3. The first-order chi connectivity index (χ1) is 9.85. The molecule has 0 aliphatic rings. The molecule has 2 aromatic rings. The van der Waals surface area contributed by atoms with Crippen LogP contribution in [-0.4, -0.2) is 32.0 Å². The third-order valence-electron chi connectivity index (χ3n) is 2.93. The number of anilines is 1. The van der Waals surface area contributed by atoms with Crippen molar-refractivity contribution >= 4 is 32.6 Å². The zero-order valence-corrected chi connectivity index (χ0v) is 12.5. The van der Waals surface area contributed by atoms with Crippen LogP contribution in [0.5, 0.6) is 0 Å². The quantitative estimate of drug-likeness (QED) is 0.562. The molecule has 21 heavy (non-hydrogen) atoms. The lowest BCUT2D eigenvalue weighted by Crippen LogP contribution is -2.39. The van der Waals surface area contributed by atoms with Gasteiger partial charge in [-0.05, 0) is 32.0 Å². The number of carbonyl (C=O) groups is 1. The number of ether oxygens (including phenoxy) is 1. The van der Waals surface area contributed by atoms with Gasteiger partial charge in [0.25, 0.3) is 0 Å². The summed E-state index contributed by atoms with van der Waals surface area (Å²) >= 11 is 0. The number of nitrogens with one attached hydrogen (secondary N) is 2. The Morgan fingerprint density at radius 2 is 2.19 bits per heavy atom. The molecule has 2 rings (SSSR count). The number of fused-ring (bicyclic) bond motifs is 1. The first kappa shape index (κ1) is 15.3. The maximum absolute atomic E-state index is 12.4. The summed E-state index contributed by atoms with van der Waals surface area (Å²) in [6.07, 6.45) is 1.37. The third-order valence-corrected chi connectivity index (χ3v) is 4.51. The van der Waals surface area contributed by atoms with Crippen molar-refractivity contribution in [3.05, 3.63) is 24.4 Å². The third kappa shape index (κ3) is 3.17. The Balaban J connectivity index is 2.34. The number of sulfonamides is 1. The first-order valence-corrected chi connectivity index (χ1v) is 7.89. The lowest BCUT2D eigenvalue weighted by atomic mass is 10.2. The molecule has 4 N–H and O–H groups in total.